The monoisotopic (exact) mass is 330 g/mol. The number of hydrogen-bond donors (Lipinski definition) is 2. The van der Waals surface area contributed by atoms with Crippen LogP contribution in [-0.4, -0.2) is 18.5 Å². The van der Waals surface area contributed by atoms with Gasteiger partial charge in [-0.2, -0.15) is 0 Å². The Bertz CT molecular complexity index is 439. The van der Waals surface area contributed by atoms with E-state index in [1.165, 1.54) is 0 Å². The van der Waals surface area contributed by atoms with Crippen molar-refractivity contribution in [1.82, 2.24) is 10.6 Å². The van der Waals surface area contributed by atoms with Crippen molar-refractivity contribution in [3.63, 3.8) is 0 Å². The topological polar surface area (TPSA) is 41.1 Å². The quantitative estimate of drug-likeness (QED) is 0.894. The van der Waals surface area contributed by atoms with E-state index in [2.05, 4.69) is 26.6 Å². The van der Waals surface area contributed by atoms with E-state index in [-0.39, 0.29) is 11.9 Å². The lowest BCUT2D eigenvalue weighted by Crippen LogP contribution is -2.42. The summed E-state index contributed by atoms with van der Waals surface area (Å²) in [5.74, 6) is 0.0979. The van der Waals surface area contributed by atoms with Crippen molar-refractivity contribution in [1.29, 1.82) is 0 Å². The number of carbonyl (C=O) groups excluding carboxylic acids is 1. The van der Waals surface area contributed by atoms with E-state index in [9.17, 15) is 4.79 Å². The highest BCUT2D eigenvalue weighted by molar-refractivity contribution is 9.10. The normalized spacial score (nSPS) is 20.3. The van der Waals surface area contributed by atoms with Crippen LogP contribution in [0.1, 0.15) is 24.8 Å². The van der Waals surface area contributed by atoms with Gasteiger partial charge in [0.1, 0.15) is 0 Å². The molecule has 0 radical (unpaired) electrons. The molecule has 0 aromatic heterocycles. The Morgan fingerprint density at radius 1 is 1.44 bits per heavy atom. The molecular weight excluding hydrogens is 316 g/mol. The SMILES string of the molecule is O=C1NCCCCC1NCc1ccc(Br)cc1Cl. The first kappa shape index (κ1) is 13.8. The van der Waals surface area contributed by atoms with Crippen molar-refractivity contribution in [3.05, 3.63) is 33.3 Å². The molecule has 1 aliphatic rings. The number of benzene rings is 1. The Hall–Kier alpha value is -0.580. The summed E-state index contributed by atoms with van der Waals surface area (Å²) in [6.07, 6.45) is 3.02. The molecule has 0 saturated carbocycles. The first-order valence-corrected chi connectivity index (χ1v) is 7.29. The fourth-order valence-electron chi connectivity index (χ4n) is 2.03. The van der Waals surface area contributed by atoms with Crippen molar-refractivity contribution < 1.29 is 4.79 Å². The van der Waals surface area contributed by atoms with E-state index in [0.29, 0.717) is 11.6 Å². The van der Waals surface area contributed by atoms with Crippen LogP contribution >= 0.6 is 27.5 Å². The molecule has 1 aliphatic heterocycles. The molecule has 18 heavy (non-hydrogen) atoms. The van der Waals surface area contributed by atoms with Crippen LogP contribution in [-0.2, 0) is 11.3 Å². The van der Waals surface area contributed by atoms with Crippen molar-refractivity contribution in [2.24, 2.45) is 0 Å². The summed E-state index contributed by atoms with van der Waals surface area (Å²) in [5.41, 5.74) is 1.01. The van der Waals surface area contributed by atoms with Gasteiger partial charge in [0.2, 0.25) is 5.91 Å². The molecule has 2 N–H and O–H groups in total. The Labute approximate surface area is 120 Å². The van der Waals surface area contributed by atoms with E-state index >= 15 is 0 Å². The smallest absolute Gasteiger partial charge is 0.237 e. The maximum absolute atomic E-state index is 11.8. The lowest BCUT2D eigenvalue weighted by atomic mass is 10.1. The van der Waals surface area contributed by atoms with E-state index in [4.69, 9.17) is 11.6 Å². The molecule has 0 bridgehead atoms. The third kappa shape index (κ3) is 3.70. The fraction of sp³-hybridized carbons (Fsp3) is 0.462. The largest absolute Gasteiger partial charge is 0.355 e. The third-order valence-electron chi connectivity index (χ3n) is 3.09. The molecule has 3 nitrogen and oxygen atoms in total. The highest BCUT2D eigenvalue weighted by Crippen LogP contribution is 2.21. The minimum atomic E-state index is -0.104. The minimum Gasteiger partial charge on any atom is -0.355 e. The molecule has 1 amide bonds. The van der Waals surface area contributed by atoms with Crippen LogP contribution in [0.15, 0.2) is 22.7 Å². The number of nitrogens with one attached hydrogen (secondary N) is 2. The van der Waals surface area contributed by atoms with Gasteiger partial charge in [0, 0.05) is 22.6 Å². The van der Waals surface area contributed by atoms with Crippen LogP contribution in [0.2, 0.25) is 5.02 Å². The minimum absolute atomic E-state index is 0.0979. The second-order valence-corrected chi connectivity index (χ2v) is 5.78. The number of hydrogen-bond acceptors (Lipinski definition) is 2. The molecular formula is C13H16BrClN2O. The number of rotatable bonds is 3. The third-order valence-corrected chi connectivity index (χ3v) is 3.93. The average Bonchev–Trinajstić information content (AvgIpc) is 2.53. The zero-order chi connectivity index (χ0) is 13.0. The Morgan fingerprint density at radius 2 is 2.28 bits per heavy atom. The number of carbonyl (C=O) groups is 1. The fourth-order valence-corrected chi connectivity index (χ4v) is 2.77. The Morgan fingerprint density at radius 3 is 3.06 bits per heavy atom. The Balaban J connectivity index is 1.95. The zero-order valence-corrected chi connectivity index (χ0v) is 12.4. The molecule has 1 heterocycles. The summed E-state index contributed by atoms with van der Waals surface area (Å²) in [7, 11) is 0. The lowest BCUT2D eigenvalue weighted by molar-refractivity contribution is -0.122. The lowest BCUT2D eigenvalue weighted by Gasteiger charge is -2.15. The summed E-state index contributed by atoms with van der Waals surface area (Å²) in [6.45, 7) is 1.40. The van der Waals surface area contributed by atoms with Gasteiger partial charge >= 0.3 is 0 Å². The molecule has 1 saturated heterocycles. The molecule has 1 atom stereocenters. The Kier molecular flexibility index (Phi) is 5.03. The van der Waals surface area contributed by atoms with Crippen molar-refractivity contribution in [3.8, 4) is 0 Å². The highest BCUT2D eigenvalue weighted by Gasteiger charge is 2.19. The van der Waals surface area contributed by atoms with Gasteiger partial charge in [-0.05, 0) is 37.0 Å². The maximum atomic E-state index is 11.8. The van der Waals surface area contributed by atoms with Crippen molar-refractivity contribution in [2.75, 3.05) is 6.54 Å². The van der Waals surface area contributed by atoms with E-state index in [1.54, 1.807) is 0 Å². The second kappa shape index (κ2) is 6.55. The predicted molar refractivity (Wildman–Crippen MR) is 76.6 cm³/mol. The van der Waals surface area contributed by atoms with E-state index in [1.807, 2.05) is 18.2 Å². The van der Waals surface area contributed by atoms with Gasteiger partial charge in [-0.3, -0.25) is 4.79 Å². The molecule has 1 unspecified atom stereocenters. The van der Waals surface area contributed by atoms with Gasteiger partial charge in [0.05, 0.1) is 6.04 Å². The van der Waals surface area contributed by atoms with E-state index in [0.717, 1.165) is 35.8 Å². The van der Waals surface area contributed by atoms with Gasteiger partial charge in [-0.1, -0.05) is 33.6 Å². The molecule has 0 spiro atoms. The summed E-state index contributed by atoms with van der Waals surface area (Å²) in [6, 6.07) is 5.68. The van der Waals surface area contributed by atoms with Crippen LogP contribution in [0.4, 0.5) is 0 Å². The van der Waals surface area contributed by atoms with Crippen LogP contribution in [0, 0.1) is 0 Å². The molecule has 98 valence electrons. The summed E-state index contributed by atoms with van der Waals surface area (Å²) < 4.78 is 0.962. The summed E-state index contributed by atoms with van der Waals surface area (Å²) in [5, 5.41) is 6.90. The van der Waals surface area contributed by atoms with Crippen molar-refractivity contribution in [2.45, 2.75) is 31.8 Å². The van der Waals surface area contributed by atoms with Crippen LogP contribution < -0.4 is 10.6 Å². The molecule has 1 fully saturated rings. The van der Waals surface area contributed by atoms with Gasteiger partial charge < -0.3 is 10.6 Å². The standard InChI is InChI=1S/C13H16BrClN2O/c14-10-5-4-9(11(15)7-10)8-17-12-3-1-2-6-16-13(12)18/h4-5,7,12,17H,1-3,6,8H2,(H,16,18). The van der Waals surface area contributed by atoms with E-state index < -0.39 is 0 Å². The summed E-state index contributed by atoms with van der Waals surface area (Å²) >= 11 is 9.52. The molecule has 5 heteroatoms. The van der Waals surface area contributed by atoms with Crippen LogP contribution in [0.25, 0.3) is 0 Å². The summed E-state index contributed by atoms with van der Waals surface area (Å²) in [4.78, 5) is 11.8. The van der Waals surface area contributed by atoms with Gasteiger partial charge in [0.25, 0.3) is 0 Å². The zero-order valence-electron chi connectivity index (χ0n) is 10.0. The number of amides is 1. The molecule has 1 aromatic rings. The molecule has 0 aliphatic carbocycles. The predicted octanol–water partition coefficient (Wildman–Crippen LogP) is 2.86. The van der Waals surface area contributed by atoms with Crippen molar-refractivity contribution >= 4 is 33.4 Å². The van der Waals surface area contributed by atoms with Gasteiger partial charge in [-0.25, -0.2) is 0 Å². The van der Waals surface area contributed by atoms with Crippen LogP contribution in [0.3, 0.4) is 0 Å². The highest BCUT2D eigenvalue weighted by atomic mass is 79.9. The number of halogens is 2. The maximum Gasteiger partial charge on any atom is 0.237 e. The van der Waals surface area contributed by atoms with Gasteiger partial charge in [0.15, 0.2) is 0 Å². The van der Waals surface area contributed by atoms with Gasteiger partial charge in [-0.15, -0.1) is 0 Å². The second-order valence-electron chi connectivity index (χ2n) is 4.46. The molecule has 1 aromatic carbocycles. The average molecular weight is 332 g/mol. The van der Waals surface area contributed by atoms with Crippen LogP contribution in [0.5, 0.6) is 0 Å². The molecule has 2 rings (SSSR count). The first-order valence-electron chi connectivity index (χ1n) is 6.12. The first-order chi connectivity index (χ1) is 8.66.